The second-order valence-electron chi connectivity index (χ2n) is 3.49. The van der Waals surface area contributed by atoms with Gasteiger partial charge < -0.3 is 15.5 Å². The van der Waals surface area contributed by atoms with E-state index in [-0.39, 0.29) is 19.8 Å². The third-order valence-corrected chi connectivity index (χ3v) is 3.34. The molecule has 0 aromatic heterocycles. The van der Waals surface area contributed by atoms with E-state index in [0.29, 0.717) is 6.42 Å². The Morgan fingerprint density at radius 2 is 1.43 bits per heavy atom. The normalized spacial score (nSPS) is 13.1. The van der Waals surface area contributed by atoms with Gasteiger partial charge in [0.25, 0.3) is 0 Å². The van der Waals surface area contributed by atoms with Crippen molar-refractivity contribution in [1.82, 2.24) is 5.32 Å². The number of urea groups is 1. The van der Waals surface area contributed by atoms with E-state index in [2.05, 4.69) is 5.32 Å². The minimum Gasteiger partial charge on any atom is -0.352 e. The van der Waals surface area contributed by atoms with Crippen LogP contribution in [-0.2, 0) is 32.8 Å². The Balaban J connectivity index is 4.93. The zero-order chi connectivity index (χ0) is 16.1. The van der Waals surface area contributed by atoms with Crippen LogP contribution in [0.3, 0.4) is 0 Å². The predicted octanol–water partition coefficient (Wildman–Crippen LogP) is 0.747. The molecule has 0 fully saturated rings. The Hall–Kier alpha value is -0.793. The summed E-state index contributed by atoms with van der Waals surface area (Å²) in [5, 5.41) is 2.36. The molecule has 0 heterocycles. The van der Waals surface area contributed by atoms with Crippen molar-refractivity contribution in [3.8, 4) is 0 Å². The molecule has 0 bridgehead atoms. The first-order chi connectivity index (χ1) is 10.0. The molecule has 0 aromatic rings. The number of carbonyl (C=O) groups is 1. The van der Waals surface area contributed by atoms with Gasteiger partial charge in [-0.05, 0) is 27.2 Å². The van der Waals surface area contributed by atoms with Gasteiger partial charge in [-0.15, -0.1) is 0 Å². The fourth-order valence-electron chi connectivity index (χ4n) is 1.04. The second kappa shape index (κ2) is 11.8. The Bertz CT molecular complexity index is 262. The Labute approximate surface area is 125 Å². The molecule has 0 aromatic carbocycles. The highest BCUT2D eigenvalue weighted by atomic mass is 28.4. The van der Waals surface area contributed by atoms with E-state index in [1.807, 2.05) is 0 Å². The summed E-state index contributed by atoms with van der Waals surface area (Å²) in [7, 11) is -3.95. The van der Waals surface area contributed by atoms with E-state index in [4.69, 9.17) is 38.6 Å². The largest absolute Gasteiger partial charge is 0.766 e. The van der Waals surface area contributed by atoms with Crippen LogP contribution in [-0.4, -0.2) is 41.1 Å². The van der Waals surface area contributed by atoms with Gasteiger partial charge in [-0.25, -0.2) is 19.5 Å². The first kappa shape index (κ1) is 20.2. The van der Waals surface area contributed by atoms with Gasteiger partial charge in [-0.2, -0.15) is 13.7 Å². The number of nitrogens with one attached hydrogen (secondary N) is 1. The minimum absolute atomic E-state index is 0.211. The Morgan fingerprint density at radius 1 is 1.00 bits per heavy atom. The number of hydrogen-bond donors (Lipinski definition) is 2. The molecule has 0 aliphatic heterocycles. The van der Waals surface area contributed by atoms with Crippen molar-refractivity contribution in [2.75, 3.05) is 19.8 Å². The average molecular weight is 328 g/mol. The smallest absolute Gasteiger partial charge is 0.352 e. The molecule has 10 nitrogen and oxygen atoms in total. The maximum absolute atomic E-state index is 10.9. The number of primary amides is 1. The van der Waals surface area contributed by atoms with Crippen LogP contribution < -0.4 is 11.1 Å². The number of rotatable bonds is 13. The maximum Gasteiger partial charge on any atom is 0.766 e. The highest BCUT2D eigenvalue weighted by Gasteiger charge is 2.54. The standard InChI is InChI=1S/C10H24N2O8Si/c1-5-9(12-10(11)13)17-21(18-14-6-2,19-15-7-3)20-16-8-4/h9H,5-8H2,1-4H3,(H3,11,12,13). The molecule has 21 heavy (non-hydrogen) atoms. The third-order valence-electron chi connectivity index (χ3n) is 1.80. The fraction of sp³-hybridized carbons (Fsp3) is 0.900. The monoisotopic (exact) mass is 328 g/mol. The van der Waals surface area contributed by atoms with E-state index < -0.39 is 21.3 Å². The Kier molecular flexibility index (Phi) is 11.4. The lowest BCUT2D eigenvalue weighted by molar-refractivity contribution is -0.388. The summed E-state index contributed by atoms with van der Waals surface area (Å²) < 4.78 is 20.6. The number of amides is 2. The topological polar surface area (TPSA) is 120 Å². The van der Waals surface area contributed by atoms with Crippen molar-refractivity contribution in [3.05, 3.63) is 0 Å². The van der Waals surface area contributed by atoms with Gasteiger partial charge in [0.1, 0.15) is 6.23 Å². The summed E-state index contributed by atoms with van der Waals surface area (Å²) in [5.41, 5.74) is 5.06. The van der Waals surface area contributed by atoms with Gasteiger partial charge in [0.05, 0.1) is 19.8 Å². The molecular weight excluding hydrogens is 304 g/mol. The van der Waals surface area contributed by atoms with Crippen LogP contribution in [0.25, 0.3) is 0 Å². The molecule has 1 unspecified atom stereocenters. The highest BCUT2D eigenvalue weighted by molar-refractivity contribution is 6.52. The van der Waals surface area contributed by atoms with Gasteiger partial charge >= 0.3 is 15.1 Å². The third kappa shape index (κ3) is 8.95. The summed E-state index contributed by atoms with van der Waals surface area (Å²) in [4.78, 5) is 25.4. The Morgan fingerprint density at radius 3 is 1.71 bits per heavy atom. The van der Waals surface area contributed by atoms with Gasteiger partial charge in [0.2, 0.25) is 0 Å². The summed E-state index contributed by atoms with van der Waals surface area (Å²) in [5.74, 6) is 0. The van der Waals surface area contributed by atoms with Crippen molar-refractivity contribution >= 4 is 15.1 Å². The average Bonchev–Trinajstić information content (AvgIpc) is 2.47. The first-order valence-electron chi connectivity index (χ1n) is 6.69. The lowest BCUT2D eigenvalue weighted by atomic mass is 10.4. The summed E-state index contributed by atoms with van der Waals surface area (Å²) in [6, 6.07) is -0.769. The van der Waals surface area contributed by atoms with Crippen molar-refractivity contribution < 1.29 is 37.6 Å². The zero-order valence-corrected chi connectivity index (χ0v) is 13.7. The van der Waals surface area contributed by atoms with E-state index in [1.54, 1.807) is 27.7 Å². The molecule has 0 saturated carbocycles. The van der Waals surface area contributed by atoms with Crippen LogP contribution in [0.4, 0.5) is 4.79 Å². The van der Waals surface area contributed by atoms with Crippen molar-refractivity contribution in [2.24, 2.45) is 5.73 Å². The van der Waals surface area contributed by atoms with E-state index in [1.165, 1.54) is 0 Å². The zero-order valence-electron chi connectivity index (χ0n) is 12.7. The number of nitrogens with two attached hydrogens (primary N) is 1. The van der Waals surface area contributed by atoms with Crippen molar-refractivity contribution in [2.45, 2.75) is 40.3 Å². The minimum atomic E-state index is -3.95. The SMILES string of the molecule is CCOO[Si](OOCC)(OOCC)OC(CC)NC(N)=O. The first-order valence-corrected chi connectivity index (χ1v) is 8.32. The van der Waals surface area contributed by atoms with Crippen LogP contribution in [0.2, 0.25) is 0 Å². The lowest BCUT2D eigenvalue weighted by Crippen LogP contribution is -2.55. The van der Waals surface area contributed by atoms with Gasteiger partial charge in [-0.1, -0.05) is 6.92 Å². The highest BCUT2D eigenvalue weighted by Crippen LogP contribution is 2.17. The predicted molar refractivity (Wildman–Crippen MR) is 71.8 cm³/mol. The van der Waals surface area contributed by atoms with Crippen LogP contribution in [0.1, 0.15) is 34.1 Å². The lowest BCUT2D eigenvalue weighted by Gasteiger charge is -2.27. The molecule has 3 N–H and O–H groups in total. The maximum atomic E-state index is 10.9. The number of carbonyl (C=O) groups excluding carboxylic acids is 1. The van der Waals surface area contributed by atoms with E-state index >= 15 is 0 Å². The molecule has 0 saturated heterocycles. The van der Waals surface area contributed by atoms with E-state index in [9.17, 15) is 4.79 Å². The van der Waals surface area contributed by atoms with Crippen LogP contribution in [0, 0.1) is 0 Å². The van der Waals surface area contributed by atoms with Crippen LogP contribution in [0.15, 0.2) is 0 Å². The molecule has 2 amide bonds. The fourth-order valence-corrected chi connectivity index (χ4v) is 2.60. The van der Waals surface area contributed by atoms with Gasteiger partial charge in [0.15, 0.2) is 0 Å². The molecule has 0 aliphatic rings. The van der Waals surface area contributed by atoms with Crippen LogP contribution in [0.5, 0.6) is 0 Å². The van der Waals surface area contributed by atoms with Crippen LogP contribution >= 0.6 is 0 Å². The molecule has 0 spiro atoms. The molecular formula is C10H24N2O8Si. The second-order valence-corrected chi connectivity index (χ2v) is 5.23. The molecule has 0 aliphatic carbocycles. The molecule has 0 radical (unpaired) electrons. The summed E-state index contributed by atoms with van der Waals surface area (Å²) in [6.07, 6.45) is -0.450. The van der Waals surface area contributed by atoms with Gasteiger partial charge in [0, 0.05) is 0 Å². The quantitative estimate of drug-likeness (QED) is 0.220. The van der Waals surface area contributed by atoms with E-state index in [0.717, 1.165) is 0 Å². The number of hydrogen-bond acceptors (Lipinski definition) is 8. The molecule has 0 rings (SSSR count). The molecule has 11 heteroatoms. The summed E-state index contributed by atoms with van der Waals surface area (Å²) >= 11 is 0. The molecule has 126 valence electrons. The van der Waals surface area contributed by atoms with Crippen molar-refractivity contribution in [1.29, 1.82) is 0 Å². The van der Waals surface area contributed by atoms with Crippen molar-refractivity contribution in [3.63, 3.8) is 0 Å². The molecule has 1 atom stereocenters. The van der Waals surface area contributed by atoms with Gasteiger partial charge in [-0.3, -0.25) is 0 Å². The summed E-state index contributed by atoms with van der Waals surface area (Å²) in [6.45, 7) is 7.47.